The normalized spacial score (nSPS) is 28.8. The van der Waals surface area contributed by atoms with E-state index in [0.717, 1.165) is 6.42 Å². The molecule has 1 aliphatic rings. The lowest BCUT2D eigenvalue weighted by molar-refractivity contribution is -0.122. The van der Waals surface area contributed by atoms with Crippen molar-refractivity contribution >= 4 is 5.91 Å². The maximum absolute atomic E-state index is 11.3. The molecule has 1 unspecified atom stereocenters. The van der Waals surface area contributed by atoms with Gasteiger partial charge < -0.3 is 5.32 Å². The molecule has 1 saturated carbocycles. The third-order valence-electron chi connectivity index (χ3n) is 2.33. The maximum atomic E-state index is 11.3. The monoisotopic (exact) mass is 166 g/mol. The predicted molar refractivity (Wildman–Crippen MR) is 45.1 cm³/mol. The van der Waals surface area contributed by atoms with Crippen LogP contribution < -0.4 is 5.32 Å². The molecular weight excluding hydrogens is 152 g/mol. The molecule has 1 amide bonds. The van der Waals surface area contributed by atoms with E-state index in [-0.39, 0.29) is 17.9 Å². The fourth-order valence-electron chi connectivity index (χ4n) is 1.19. The molecule has 0 heterocycles. The van der Waals surface area contributed by atoms with Crippen LogP contribution in [0.5, 0.6) is 0 Å². The first-order valence-corrected chi connectivity index (χ1v) is 4.39. The Morgan fingerprint density at radius 2 is 2.42 bits per heavy atom. The zero-order chi connectivity index (χ0) is 9.14. The molecule has 0 aromatic heterocycles. The Morgan fingerprint density at radius 3 is 2.75 bits per heavy atom. The molecule has 0 aromatic rings. The molecule has 0 aromatic carbocycles. The van der Waals surface area contributed by atoms with Crippen LogP contribution >= 0.6 is 0 Å². The van der Waals surface area contributed by atoms with Crippen LogP contribution in [-0.4, -0.2) is 11.9 Å². The Labute approximate surface area is 72.8 Å². The molecule has 66 valence electrons. The van der Waals surface area contributed by atoms with Crippen LogP contribution in [0.3, 0.4) is 0 Å². The Kier molecular flexibility index (Phi) is 2.69. The third kappa shape index (κ3) is 1.97. The molecule has 0 spiro atoms. The van der Waals surface area contributed by atoms with Crippen molar-refractivity contribution in [2.24, 2.45) is 11.8 Å². The van der Waals surface area contributed by atoms with E-state index in [9.17, 15) is 4.79 Å². The minimum Gasteiger partial charge on any atom is -0.340 e. The van der Waals surface area contributed by atoms with Crippen LogP contribution in [-0.2, 0) is 4.79 Å². The molecule has 1 rings (SSSR count). The van der Waals surface area contributed by atoms with Crippen molar-refractivity contribution in [3.8, 4) is 6.07 Å². The minimum atomic E-state index is -0.301. The van der Waals surface area contributed by atoms with Gasteiger partial charge in [0.1, 0.15) is 6.04 Å². The number of hydrogen-bond acceptors (Lipinski definition) is 2. The van der Waals surface area contributed by atoms with E-state index >= 15 is 0 Å². The lowest BCUT2D eigenvalue weighted by Gasteiger charge is -2.07. The van der Waals surface area contributed by atoms with Crippen LogP contribution in [0.1, 0.15) is 26.7 Å². The molecule has 1 aliphatic carbocycles. The van der Waals surface area contributed by atoms with Crippen LogP contribution in [0.25, 0.3) is 0 Å². The molecule has 0 bridgehead atoms. The Hall–Kier alpha value is -1.04. The number of nitrogens with one attached hydrogen (secondary N) is 1. The van der Waals surface area contributed by atoms with E-state index < -0.39 is 0 Å². The van der Waals surface area contributed by atoms with Crippen molar-refractivity contribution in [2.45, 2.75) is 32.7 Å². The van der Waals surface area contributed by atoms with Crippen molar-refractivity contribution in [2.75, 3.05) is 0 Å². The van der Waals surface area contributed by atoms with E-state index in [1.165, 1.54) is 0 Å². The second-order valence-electron chi connectivity index (χ2n) is 3.42. The average Bonchev–Trinajstić information content (AvgIpc) is 2.78. The van der Waals surface area contributed by atoms with Gasteiger partial charge in [-0.3, -0.25) is 4.79 Å². The number of nitrogens with zero attached hydrogens (tertiary/aromatic N) is 1. The van der Waals surface area contributed by atoms with E-state index in [4.69, 9.17) is 5.26 Å². The summed E-state index contributed by atoms with van der Waals surface area (Å²) in [7, 11) is 0. The van der Waals surface area contributed by atoms with Gasteiger partial charge in [-0.2, -0.15) is 5.26 Å². The molecule has 0 saturated heterocycles. The number of carbonyl (C=O) groups excluding carboxylic acids is 1. The van der Waals surface area contributed by atoms with Crippen LogP contribution in [0.2, 0.25) is 0 Å². The Morgan fingerprint density at radius 1 is 1.83 bits per heavy atom. The van der Waals surface area contributed by atoms with Crippen LogP contribution in [0, 0.1) is 23.2 Å². The maximum Gasteiger partial charge on any atom is 0.224 e. The molecule has 1 fully saturated rings. The summed E-state index contributed by atoms with van der Waals surface area (Å²) in [6.45, 7) is 3.95. The van der Waals surface area contributed by atoms with Gasteiger partial charge in [-0.25, -0.2) is 0 Å². The second-order valence-corrected chi connectivity index (χ2v) is 3.42. The molecule has 0 radical (unpaired) electrons. The highest BCUT2D eigenvalue weighted by Gasteiger charge is 2.39. The number of amides is 1. The van der Waals surface area contributed by atoms with E-state index in [1.54, 1.807) is 0 Å². The standard InChI is InChI=1S/C9H14N2O/c1-3-7(5-10)11-9(12)8-4-6(8)2/h6-8H,3-4H2,1-2H3,(H,11,12)/t6-,7?,8-/m0/s1. The topological polar surface area (TPSA) is 52.9 Å². The molecule has 12 heavy (non-hydrogen) atoms. The lowest BCUT2D eigenvalue weighted by Crippen LogP contribution is -2.34. The molecular formula is C9H14N2O. The van der Waals surface area contributed by atoms with Crippen LogP contribution in [0.4, 0.5) is 0 Å². The van der Waals surface area contributed by atoms with Gasteiger partial charge in [0.25, 0.3) is 0 Å². The second kappa shape index (κ2) is 3.57. The Bertz CT molecular complexity index is 219. The summed E-state index contributed by atoms with van der Waals surface area (Å²) in [5.41, 5.74) is 0. The summed E-state index contributed by atoms with van der Waals surface area (Å²) < 4.78 is 0. The van der Waals surface area contributed by atoms with Gasteiger partial charge >= 0.3 is 0 Å². The van der Waals surface area contributed by atoms with Gasteiger partial charge in [0.15, 0.2) is 0 Å². The van der Waals surface area contributed by atoms with Crippen molar-refractivity contribution in [3.63, 3.8) is 0 Å². The third-order valence-corrected chi connectivity index (χ3v) is 2.33. The molecule has 1 N–H and O–H groups in total. The predicted octanol–water partition coefficient (Wildman–Crippen LogP) is 1.06. The largest absolute Gasteiger partial charge is 0.340 e. The minimum absolute atomic E-state index is 0.0518. The van der Waals surface area contributed by atoms with E-state index in [1.807, 2.05) is 13.0 Å². The summed E-state index contributed by atoms with van der Waals surface area (Å²) >= 11 is 0. The quantitative estimate of drug-likeness (QED) is 0.681. The zero-order valence-electron chi connectivity index (χ0n) is 7.50. The van der Waals surface area contributed by atoms with Crippen molar-refractivity contribution in [1.29, 1.82) is 5.26 Å². The highest BCUT2D eigenvalue weighted by Crippen LogP contribution is 2.37. The van der Waals surface area contributed by atoms with Gasteiger partial charge in [0.2, 0.25) is 5.91 Å². The smallest absolute Gasteiger partial charge is 0.224 e. The van der Waals surface area contributed by atoms with Gasteiger partial charge in [0, 0.05) is 5.92 Å². The number of carbonyl (C=O) groups is 1. The van der Waals surface area contributed by atoms with Crippen LogP contribution in [0.15, 0.2) is 0 Å². The highest BCUT2D eigenvalue weighted by molar-refractivity contribution is 5.81. The Balaban J connectivity index is 2.31. The summed E-state index contributed by atoms with van der Waals surface area (Å²) in [5.74, 6) is 0.740. The molecule has 3 atom stereocenters. The first-order valence-electron chi connectivity index (χ1n) is 4.39. The number of hydrogen-bond donors (Lipinski definition) is 1. The SMILES string of the molecule is CCC(C#N)NC(=O)[C@H]1C[C@@H]1C. The van der Waals surface area contributed by atoms with Crippen molar-refractivity contribution in [1.82, 2.24) is 5.32 Å². The van der Waals surface area contributed by atoms with Crippen molar-refractivity contribution in [3.05, 3.63) is 0 Å². The van der Waals surface area contributed by atoms with Gasteiger partial charge in [-0.15, -0.1) is 0 Å². The first kappa shape index (κ1) is 9.05. The molecule has 0 aliphatic heterocycles. The fourth-order valence-corrected chi connectivity index (χ4v) is 1.19. The van der Waals surface area contributed by atoms with Gasteiger partial charge in [-0.05, 0) is 18.8 Å². The molecule has 3 nitrogen and oxygen atoms in total. The van der Waals surface area contributed by atoms with E-state index in [2.05, 4.69) is 12.2 Å². The fraction of sp³-hybridized carbons (Fsp3) is 0.778. The summed E-state index contributed by atoms with van der Waals surface area (Å²) in [6, 6.07) is 1.75. The number of rotatable bonds is 3. The van der Waals surface area contributed by atoms with Gasteiger partial charge in [-0.1, -0.05) is 13.8 Å². The summed E-state index contributed by atoms with van der Waals surface area (Å²) in [6.07, 6.45) is 1.66. The first-order chi connectivity index (χ1) is 5.69. The average molecular weight is 166 g/mol. The summed E-state index contributed by atoms with van der Waals surface area (Å²) in [5, 5.41) is 11.3. The van der Waals surface area contributed by atoms with E-state index in [0.29, 0.717) is 12.3 Å². The van der Waals surface area contributed by atoms with Gasteiger partial charge in [0.05, 0.1) is 6.07 Å². The number of nitriles is 1. The lowest BCUT2D eigenvalue weighted by atomic mass is 10.2. The summed E-state index contributed by atoms with van der Waals surface area (Å²) in [4.78, 5) is 11.3. The highest BCUT2D eigenvalue weighted by atomic mass is 16.2. The molecule has 3 heteroatoms. The zero-order valence-corrected chi connectivity index (χ0v) is 7.50. The van der Waals surface area contributed by atoms with Crippen molar-refractivity contribution < 1.29 is 4.79 Å².